The molecule has 1 atom stereocenters. The molecule has 2 rings (SSSR count). The van der Waals surface area contributed by atoms with E-state index in [-0.39, 0.29) is 11.9 Å². The van der Waals surface area contributed by atoms with Crippen molar-refractivity contribution in [1.29, 1.82) is 0 Å². The van der Waals surface area contributed by atoms with Crippen LogP contribution in [0, 0.1) is 0 Å². The molecule has 24 heavy (non-hydrogen) atoms. The first-order valence-electron chi connectivity index (χ1n) is 7.50. The van der Waals surface area contributed by atoms with Crippen LogP contribution in [-0.4, -0.2) is 20.1 Å². The molecule has 0 bridgehead atoms. The lowest BCUT2D eigenvalue weighted by molar-refractivity contribution is -0.117. The van der Waals surface area contributed by atoms with E-state index in [0.717, 1.165) is 11.1 Å². The summed E-state index contributed by atoms with van der Waals surface area (Å²) in [6.45, 7) is 1.89. The standard InChI is InChI=1S/C19H20ClNO3/c1-13(15-6-4-5-7-16(15)20)21-19(22)11-9-14-8-10-17(23-2)18(12-14)24-3/h4-13H,1-3H3,(H,21,22)/b11-9+. The summed E-state index contributed by atoms with van der Waals surface area (Å²) in [7, 11) is 3.15. The zero-order valence-corrected chi connectivity index (χ0v) is 14.6. The summed E-state index contributed by atoms with van der Waals surface area (Å²) in [5.41, 5.74) is 1.72. The van der Waals surface area contributed by atoms with Crippen molar-refractivity contribution in [3.05, 3.63) is 64.7 Å². The van der Waals surface area contributed by atoms with Crippen molar-refractivity contribution in [2.24, 2.45) is 0 Å². The van der Waals surface area contributed by atoms with Crippen molar-refractivity contribution in [2.45, 2.75) is 13.0 Å². The highest BCUT2D eigenvalue weighted by molar-refractivity contribution is 6.31. The minimum absolute atomic E-state index is 0.179. The maximum Gasteiger partial charge on any atom is 0.244 e. The SMILES string of the molecule is COc1ccc(/C=C/C(=O)NC(C)c2ccccc2Cl)cc1OC. The van der Waals surface area contributed by atoms with Gasteiger partial charge in [-0.05, 0) is 42.3 Å². The van der Waals surface area contributed by atoms with Gasteiger partial charge in [-0.25, -0.2) is 0 Å². The van der Waals surface area contributed by atoms with Crippen LogP contribution < -0.4 is 14.8 Å². The predicted octanol–water partition coefficient (Wildman–Crippen LogP) is 4.25. The molecule has 5 heteroatoms. The first-order valence-corrected chi connectivity index (χ1v) is 7.88. The second-order valence-electron chi connectivity index (χ2n) is 5.20. The molecule has 0 aromatic heterocycles. The molecule has 0 aliphatic rings. The van der Waals surface area contributed by atoms with Gasteiger partial charge in [0.1, 0.15) is 0 Å². The lowest BCUT2D eigenvalue weighted by Gasteiger charge is -2.14. The first-order chi connectivity index (χ1) is 11.5. The third-order valence-corrected chi connectivity index (χ3v) is 3.91. The molecule has 126 valence electrons. The van der Waals surface area contributed by atoms with Crippen LogP contribution in [0.2, 0.25) is 5.02 Å². The number of methoxy groups -OCH3 is 2. The average molecular weight is 346 g/mol. The molecular formula is C19H20ClNO3. The van der Waals surface area contributed by atoms with Gasteiger partial charge in [-0.1, -0.05) is 35.9 Å². The molecule has 0 heterocycles. The Labute approximate surface area is 147 Å². The highest BCUT2D eigenvalue weighted by Gasteiger charge is 2.10. The molecule has 4 nitrogen and oxygen atoms in total. The Bertz CT molecular complexity index is 743. The maximum absolute atomic E-state index is 12.1. The van der Waals surface area contributed by atoms with Crippen LogP contribution in [0.15, 0.2) is 48.5 Å². The fourth-order valence-corrected chi connectivity index (χ4v) is 2.59. The quantitative estimate of drug-likeness (QED) is 0.796. The fraction of sp³-hybridized carbons (Fsp3) is 0.211. The minimum Gasteiger partial charge on any atom is -0.493 e. The van der Waals surface area contributed by atoms with Crippen LogP contribution in [0.4, 0.5) is 0 Å². The average Bonchev–Trinajstić information content (AvgIpc) is 2.59. The number of halogens is 1. The van der Waals surface area contributed by atoms with Crippen LogP contribution in [0.5, 0.6) is 11.5 Å². The molecule has 0 spiro atoms. The first kappa shape index (κ1) is 17.9. The van der Waals surface area contributed by atoms with Crippen molar-refractivity contribution in [3.63, 3.8) is 0 Å². The summed E-state index contributed by atoms with van der Waals surface area (Å²) in [5.74, 6) is 1.06. The summed E-state index contributed by atoms with van der Waals surface area (Å²) in [5, 5.41) is 3.53. The minimum atomic E-state index is -0.197. The highest BCUT2D eigenvalue weighted by atomic mass is 35.5. The van der Waals surface area contributed by atoms with E-state index in [2.05, 4.69) is 5.32 Å². The van der Waals surface area contributed by atoms with Gasteiger partial charge in [-0.3, -0.25) is 4.79 Å². The van der Waals surface area contributed by atoms with E-state index in [9.17, 15) is 4.79 Å². The molecule has 1 N–H and O–H groups in total. The van der Waals surface area contributed by atoms with Crippen molar-refractivity contribution in [3.8, 4) is 11.5 Å². The summed E-state index contributed by atoms with van der Waals surface area (Å²) >= 11 is 6.14. The van der Waals surface area contributed by atoms with Crippen LogP contribution in [0.1, 0.15) is 24.1 Å². The van der Waals surface area contributed by atoms with Gasteiger partial charge in [-0.2, -0.15) is 0 Å². The number of carbonyl (C=O) groups is 1. The second-order valence-corrected chi connectivity index (χ2v) is 5.61. The number of amides is 1. The number of benzene rings is 2. The summed E-state index contributed by atoms with van der Waals surface area (Å²) in [4.78, 5) is 12.1. The lowest BCUT2D eigenvalue weighted by atomic mass is 10.1. The van der Waals surface area contributed by atoms with Gasteiger partial charge in [0.05, 0.1) is 20.3 Å². The largest absolute Gasteiger partial charge is 0.493 e. The summed E-state index contributed by atoms with van der Waals surface area (Å²) < 4.78 is 10.4. The molecule has 0 aliphatic heterocycles. The molecular weight excluding hydrogens is 326 g/mol. The number of hydrogen-bond donors (Lipinski definition) is 1. The van der Waals surface area contributed by atoms with Crippen LogP contribution in [0.3, 0.4) is 0 Å². The van der Waals surface area contributed by atoms with Gasteiger partial charge in [0.2, 0.25) is 5.91 Å². The Balaban J connectivity index is 2.04. The number of carbonyl (C=O) groups excluding carboxylic acids is 1. The zero-order valence-electron chi connectivity index (χ0n) is 13.9. The van der Waals surface area contributed by atoms with Gasteiger partial charge < -0.3 is 14.8 Å². The monoisotopic (exact) mass is 345 g/mol. The normalized spacial score (nSPS) is 12.0. The van der Waals surface area contributed by atoms with E-state index in [1.54, 1.807) is 38.5 Å². The molecule has 0 radical (unpaired) electrons. The predicted molar refractivity (Wildman–Crippen MR) is 96.6 cm³/mol. The molecule has 0 fully saturated rings. The van der Waals surface area contributed by atoms with Crippen LogP contribution in [0.25, 0.3) is 6.08 Å². The van der Waals surface area contributed by atoms with Crippen molar-refractivity contribution >= 4 is 23.6 Å². The third kappa shape index (κ3) is 4.52. The van der Waals surface area contributed by atoms with Crippen LogP contribution >= 0.6 is 11.6 Å². The Kier molecular flexibility index (Phi) is 6.27. The number of nitrogens with one attached hydrogen (secondary N) is 1. The van der Waals surface area contributed by atoms with E-state index in [1.165, 1.54) is 6.08 Å². The lowest BCUT2D eigenvalue weighted by Crippen LogP contribution is -2.24. The van der Waals surface area contributed by atoms with Crippen molar-refractivity contribution in [2.75, 3.05) is 14.2 Å². The van der Waals surface area contributed by atoms with Gasteiger partial charge in [0.25, 0.3) is 0 Å². The highest BCUT2D eigenvalue weighted by Crippen LogP contribution is 2.28. The zero-order chi connectivity index (χ0) is 17.5. The van der Waals surface area contributed by atoms with E-state index in [4.69, 9.17) is 21.1 Å². The van der Waals surface area contributed by atoms with Gasteiger partial charge in [0.15, 0.2) is 11.5 Å². The van der Waals surface area contributed by atoms with Gasteiger partial charge >= 0.3 is 0 Å². The topological polar surface area (TPSA) is 47.6 Å². The van der Waals surface area contributed by atoms with E-state index in [0.29, 0.717) is 16.5 Å². The Morgan fingerprint density at radius 3 is 2.50 bits per heavy atom. The fourth-order valence-electron chi connectivity index (χ4n) is 2.29. The van der Waals surface area contributed by atoms with E-state index < -0.39 is 0 Å². The number of hydrogen-bond acceptors (Lipinski definition) is 3. The molecule has 0 saturated carbocycles. The molecule has 0 saturated heterocycles. The molecule has 0 aliphatic carbocycles. The molecule has 2 aromatic carbocycles. The van der Waals surface area contributed by atoms with Crippen molar-refractivity contribution in [1.82, 2.24) is 5.32 Å². The van der Waals surface area contributed by atoms with Gasteiger partial charge in [-0.15, -0.1) is 0 Å². The van der Waals surface area contributed by atoms with E-state index >= 15 is 0 Å². The maximum atomic E-state index is 12.1. The van der Waals surface area contributed by atoms with Crippen LogP contribution in [-0.2, 0) is 4.79 Å². The summed E-state index contributed by atoms with van der Waals surface area (Å²) in [6, 6.07) is 12.7. The van der Waals surface area contributed by atoms with Crippen molar-refractivity contribution < 1.29 is 14.3 Å². The van der Waals surface area contributed by atoms with E-state index in [1.807, 2.05) is 31.2 Å². The molecule has 1 amide bonds. The number of rotatable bonds is 6. The Morgan fingerprint density at radius 2 is 1.83 bits per heavy atom. The molecule has 1 unspecified atom stereocenters. The second kappa shape index (κ2) is 8.41. The Hall–Kier alpha value is -2.46. The Morgan fingerprint density at radius 1 is 1.12 bits per heavy atom. The smallest absolute Gasteiger partial charge is 0.244 e. The molecule has 2 aromatic rings. The number of ether oxygens (including phenoxy) is 2. The third-order valence-electron chi connectivity index (χ3n) is 3.57. The van der Waals surface area contributed by atoms with Gasteiger partial charge in [0, 0.05) is 11.1 Å². The summed E-state index contributed by atoms with van der Waals surface area (Å²) in [6.07, 6.45) is 3.20.